The Morgan fingerprint density at radius 2 is 2.00 bits per heavy atom. The largest absolute Gasteiger partial charge is 0.378 e. The molecule has 1 aromatic rings. The van der Waals surface area contributed by atoms with Gasteiger partial charge in [-0.1, -0.05) is 6.07 Å². The maximum Gasteiger partial charge on any atom is 0.251 e. The molecule has 2 amide bonds. The number of hydrogen-bond donors (Lipinski definition) is 2. The first kappa shape index (κ1) is 15.0. The third-order valence-corrected chi connectivity index (χ3v) is 2.72. The standard InChI is InChI=1S/C14H21N3O2/c1-5-15-13(18)10(2)16-14(19)11-7-6-8-12(9-11)17(3)4/h6-10H,5H2,1-4H3,(H,15,18)(H,16,19). The predicted octanol–water partition coefficient (Wildman–Crippen LogP) is 1.01. The van der Waals surface area contributed by atoms with Gasteiger partial charge >= 0.3 is 0 Å². The summed E-state index contributed by atoms with van der Waals surface area (Å²) in [5.74, 6) is -0.429. The summed E-state index contributed by atoms with van der Waals surface area (Å²) in [5.41, 5.74) is 1.49. The van der Waals surface area contributed by atoms with Gasteiger partial charge in [-0.15, -0.1) is 0 Å². The smallest absolute Gasteiger partial charge is 0.251 e. The molecule has 0 spiro atoms. The molecule has 5 nitrogen and oxygen atoms in total. The maximum absolute atomic E-state index is 12.0. The van der Waals surface area contributed by atoms with Crippen LogP contribution < -0.4 is 15.5 Å². The van der Waals surface area contributed by atoms with Gasteiger partial charge in [-0.05, 0) is 32.0 Å². The average Bonchev–Trinajstić information content (AvgIpc) is 2.39. The lowest BCUT2D eigenvalue weighted by Gasteiger charge is -2.15. The molecule has 0 bridgehead atoms. The molecule has 0 fully saturated rings. The second-order valence-electron chi connectivity index (χ2n) is 4.53. The molecule has 5 heteroatoms. The minimum atomic E-state index is -0.546. The van der Waals surface area contributed by atoms with Gasteiger partial charge in [0.15, 0.2) is 0 Å². The fraction of sp³-hybridized carbons (Fsp3) is 0.429. The van der Waals surface area contributed by atoms with Crippen molar-refractivity contribution in [3.63, 3.8) is 0 Å². The Labute approximate surface area is 114 Å². The predicted molar refractivity (Wildman–Crippen MR) is 76.4 cm³/mol. The van der Waals surface area contributed by atoms with E-state index in [4.69, 9.17) is 0 Å². The van der Waals surface area contributed by atoms with Crippen molar-refractivity contribution >= 4 is 17.5 Å². The molecule has 1 rings (SSSR count). The number of carbonyl (C=O) groups is 2. The van der Waals surface area contributed by atoms with E-state index in [1.54, 1.807) is 19.1 Å². The van der Waals surface area contributed by atoms with Crippen molar-refractivity contribution in [3.8, 4) is 0 Å². The first-order valence-corrected chi connectivity index (χ1v) is 6.31. The average molecular weight is 263 g/mol. The second kappa shape index (κ2) is 6.78. The zero-order valence-electron chi connectivity index (χ0n) is 11.9. The highest BCUT2D eigenvalue weighted by Crippen LogP contribution is 2.13. The van der Waals surface area contributed by atoms with Crippen molar-refractivity contribution in [3.05, 3.63) is 29.8 Å². The Kier molecular flexibility index (Phi) is 5.36. The van der Waals surface area contributed by atoms with Crippen LogP contribution in [0.2, 0.25) is 0 Å². The Morgan fingerprint density at radius 1 is 1.32 bits per heavy atom. The minimum Gasteiger partial charge on any atom is -0.378 e. The highest BCUT2D eigenvalue weighted by atomic mass is 16.2. The molecule has 1 unspecified atom stereocenters. The highest BCUT2D eigenvalue weighted by molar-refractivity contribution is 5.98. The molecule has 0 aliphatic heterocycles. The third-order valence-electron chi connectivity index (χ3n) is 2.72. The van der Waals surface area contributed by atoms with Crippen molar-refractivity contribution in [2.45, 2.75) is 19.9 Å². The van der Waals surface area contributed by atoms with E-state index in [0.29, 0.717) is 12.1 Å². The van der Waals surface area contributed by atoms with E-state index in [9.17, 15) is 9.59 Å². The number of rotatable bonds is 5. The molecule has 0 aliphatic carbocycles. The fourth-order valence-corrected chi connectivity index (χ4v) is 1.60. The third kappa shape index (κ3) is 4.28. The number of likely N-dealkylation sites (N-methyl/N-ethyl adjacent to an activating group) is 1. The SMILES string of the molecule is CCNC(=O)C(C)NC(=O)c1cccc(N(C)C)c1. The van der Waals surface area contributed by atoms with E-state index in [2.05, 4.69) is 10.6 Å². The lowest BCUT2D eigenvalue weighted by Crippen LogP contribution is -2.44. The van der Waals surface area contributed by atoms with Crippen molar-refractivity contribution in [2.24, 2.45) is 0 Å². The van der Waals surface area contributed by atoms with E-state index in [1.165, 1.54) is 0 Å². The van der Waals surface area contributed by atoms with Crippen molar-refractivity contribution in [1.82, 2.24) is 10.6 Å². The summed E-state index contributed by atoms with van der Waals surface area (Å²) >= 11 is 0. The molecule has 0 saturated heterocycles. The Bertz CT molecular complexity index is 458. The van der Waals surface area contributed by atoms with Gasteiger partial charge in [-0.3, -0.25) is 9.59 Å². The molecular formula is C14H21N3O2. The van der Waals surface area contributed by atoms with E-state index >= 15 is 0 Å². The lowest BCUT2D eigenvalue weighted by atomic mass is 10.1. The molecule has 0 radical (unpaired) electrons. The summed E-state index contributed by atoms with van der Waals surface area (Å²) < 4.78 is 0. The summed E-state index contributed by atoms with van der Waals surface area (Å²) in [6.45, 7) is 4.06. The fourth-order valence-electron chi connectivity index (χ4n) is 1.60. The van der Waals surface area contributed by atoms with Gasteiger partial charge in [0.2, 0.25) is 5.91 Å². The van der Waals surface area contributed by atoms with Crippen LogP contribution in [0.1, 0.15) is 24.2 Å². The maximum atomic E-state index is 12.0. The molecule has 0 aliphatic rings. The molecule has 0 heterocycles. The molecule has 2 N–H and O–H groups in total. The van der Waals surface area contributed by atoms with Crippen LogP contribution >= 0.6 is 0 Å². The van der Waals surface area contributed by atoms with Crippen molar-refractivity contribution in [1.29, 1.82) is 0 Å². The summed E-state index contributed by atoms with van der Waals surface area (Å²) in [4.78, 5) is 25.5. The first-order chi connectivity index (χ1) is 8.95. The number of hydrogen-bond acceptors (Lipinski definition) is 3. The topological polar surface area (TPSA) is 61.4 Å². The lowest BCUT2D eigenvalue weighted by molar-refractivity contribution is -0.122. The molecule has 0 saturated carbocycles. The van der Waals surface area contributed by atoms with Gasteiger partial charge in [0.1, 0.15) is 6.04 Å². The summed E-state index contributed by atoms with van der Waals surface area (Å²) in [7, 11) is 3.82. The van der Waals surface area contributed by atoms with Gasteiger partial charge in [0.05, 0.1) is 0 Å². The number of anilines is 1. The number of benzene rings is 1. The zero-order valence-corrected chi connectivity index (χ0v) is 11.9. The Balaban J connectivity index is 2.73. The van der Waals surface area contributed by atoms with E-state index < -0.39 is 6.04 Å². The minimum absolute atomic E-state index is 0.181. The van der Waals surface area contributed by atoms with E-state index in [0.717, 1.165) is 5.69 Å². The highest BCUT2D eigenvalue weighted by Gasteiger charge is 2.16. The number of nitrogens with one attached hydrogen (secondary N) is 2. The van der Waals surface area contributed by atoms with Crippen LogP contribution in [-0.4, -0.2) is 38.5 Å². The molecule has 104 valence electrons. The summed E-state index contributed by atoms with van der Waals surface area (Å²) in [6, 6.07) is 6.72. The van der Waals surface area contributed by atoms with Crippen molar-refractivity contribution in [2.75, 3.05) is 25.5 Å². The van der Waals surface area contributed by atoms with Crippen LogP contribution in [0.5, 0.6) is 0 Å². The quantitative estimate of drug-likeness (QED) is 0.833. The monoisotopic (exact) mass is 263 g/mol. The molecule has 19 heavy (non-hydrogen) atoms. The first-order valence-electron chi connectivity index (χ1n) is 6.31. The Hall–Kier alpha value is -2.04. The van der Waals surface area contributed by atoms with E-state index in [1.807, 2.05) is 38.1 Å². The van der Waals surface area contributed by atoms with Gasteiger partial charge in [0, 0.05) is 31.9 Å². The van der Waals surface area contributed by atoms with Crippen LogP contribution in [0.4, 0.5) is 5.69 Å². The molecular weight excluding hydrogens is 242 g/mol. The van der Waals surface area contributed by atoms with Crippen LogP contribution in [0, 0.1) is 0 Å². The van der Waals surface area contributed by atoms with Crippen LogP contribution in [0.25, 0.3) is 0 Å². The second-order valence-corrected chi connectivity index (χ2v) is 4.53. The van der Waals surface area contributed by atoms with Gasteiger partial charge < -0.3 is 15.5 Å². The van der Waals surface area contributed by atoms with Crippen LogP contribution in [-0.2, 0) is 4.79 Å². The molecule has 1 atom stereocenters. The Morgan fingerprint density at radius 3 is 2.58 bits per heavy atom. The summed E-state index contributed by atoms with van der Waals surface area (Å²) in [6.07, 6.45) is 0. The zero-order chi connectivity index (χ0) is 14.4. The normalized spacial score (nSPS) is 11.6. The number of carbonyl (C=O) groups excluding carboxylic acids is 2. The van der Waals surface area contributed by atoms with E-state index in [-0.39, 0.29) is 11.8 Å². The molecule has 1 aromatic carbocycles. The molecule has 0 aromatic heterocycles. The van der Waals surface area contributed by atoms with Crippen molar-refractivity contribution < 1.29 is 9.59 Å². The van der Waals surface area contributed by atoms with Crippen LogP contribution in [0.3, 0.4) is 0 Å². The number of nitrogens with zero attached hydrogens (tertiary/aromatic N) is 1. The van der Waals surface area contributed by atoms with Gasteiger partial charge in [-0.2, -0.15) is 0 Å². The van der Waals surface area contributed by atoms with Crippen LogP contribution in [0.15, 0.2) is 24.3 Å². The number of amides is 2. The van der Waals surface area contributed by atoms with Gasteiger partial charge in [0.25, 0.3) is 5.91 Å². The summed E-state index contributed by atoms with van der Waals surface area (Å²) in [5, 5.41) is 5.35. The van der Waals surface area contributed by atoms with Gasteiger partial charge in [-0.25, -0.2) is 0 Å².